The molecule has 4 nitrogen and oxygen atoms in total. The molecule has 3 aromatic carbocycles. The second kappa shape index (κ2) is 9.79. The van der Waals surface area contributed by atoms with Crippen molar-refractivity contribution in [2.24, 2.45) is 0 Å². The first kappa shape index (κ1) is 20.5. The van der Waals surface area contributed by atoms with Crippen molar-refractivity contribution >= 4 is 0 Å². The predicted octanol–water partition coefficient (Wildman–Crippen LogP) is 4.76. The van der Waals surface area contributed by atoms with Gasteiger partial charge in [-0.15, -0.1) is 0 Å². The lowest BCUT2D eigenvalue weighted by Gasteiger charge is -2.32. The molecule has 1 unspecified atom stereocenters. The number of methoxy groups -OCH3 is 2. The largest absolute Gasteiger partial charge is 0.497 e. The summed E-state index contributed by atoms with van der Waals surface area (Å²) in [5.74, 6) is 1.75. The Kier molecular flexibility index (Phi) is 6.67. The van der Waals surface area contributed by atoms with Crippen molar-refractivity contribution in [1.82, 2.24) is 10.2 Å². The van der Waals surface area contributed by atoms with E-state index in [1.807, 2.05) is 12.1 Å². The summed E-state index contributed by atoms with van der Waals surface area (Å²) in [4.78, 5) is 2.55. The maximum atomic E-state index is 5.76. The minimum atomic E-state index is 0.111. The van der Waals surface area contributed by atoms with Crippen LogP contribution < -0.4 is 14.8 Å². The Labute approximate surface area is 179 Å². The summed E-state index contributed by atoms with van der Waals surface area (Å²) in [6.45, 7) is 4.08. The topological polar surface area (TPSA) is 33.7 Å². The zero-order chi connectivity index (χ0) is 20.8. The van der Waals surface area contributed by atoms with Crippen LogP contribution in [0.4, 0.5) is 0 Å². The molecule has 0 spiro atoms. The highest BCUT2D eigenvalue weighted by atomic mass is 16.5. The third-order valence-corrected chi connectivity index (χ3v) is 5.80. The molecule has 1 aliphatic rings. The number of hydrogen-bond donors (Lipinski definition) is 1. The van der Waals surface area contributed by atoms with Crippen molar-refractivity contribution < 1.29 is 9.47 Å². The molecule has 30 heavy (non-hydrogen) atoms. The molecule has 0 amide bonds. The third-order valence-electron chi connectivity index (χ3n) is 5.80. The van der Waals surface area contributed by atoms with E-state index in [9.17, 15) is 0 Å². The lowest BCUT2D eigenvalue weighted by molar-refractivity contribution is 0.235. The van der Waals surface area contributed by atoms with Gasteiger partial charge >= 0.3 is 0 Å². The van der Waals surface area contributed by atoms with Gasteiger partial charge in [-0.2, -0.15) is 0 Å². The number of nitrogens with one attached hydrogen (secondary N) is 1. The zero-order valence-electron chi connectivity index (χ0n) is 17.8. The van der Waals surface area contributed by atoms with Crippen molar-refractivity contribution in [2.75, 3.05) is 40.4 Å². The quantitative estimate of drug-likeness (QED) is 0.645. The van der Waals surface area contributed by atoms with E-state index in [4.69, 9.17) is 9.47 Å². The lowest BCUT2D eigenvalue weighted by Crippen LogP contribution is -2.33. The molecular weight excluding hydrogens is 372 g/mol. The molecule has 1 heterocycles. The minimum Gasteiger partial charge on any atom is -0.497 e. The summed E-state index contributed by atoms with van der Waals surface area (Å²) in [7, 11) is 3.45. The van der Waals surface area contributed by atoms with E-state index in [2.05, 4.69) is 70.9 Å². The average molecular weight is 403 g/mol. The van der Waals surface area contributed by atoms with E-state index in [1.54, 1.807) is 14.2 Å². The fraction of sp³-hybridized carbons (Fsp3) is 0.308. The SMILES string of the molecule is COc1ccc(OC)c(C(c2ccc(-c3ccccc3)cc2)N2CCCNCC2)c1. The smallest absolute Gasteiger partial charge is 0.124 e. The first-order valence-electron chi connectivity index (χ1n) is 10.6. The maximum absolute atomic E-state index is 5.76. The summed E-state index contributed by atoms with van der Waals surface area (Å²) in [5.41, 5.74) is 4.88. The van der Waals surface area contributed by atoms with E-state index in [0.29, 0.717) is 0 Å². The zero-order valence-corrected chi connectivity index (χ0v) is 17.8. The number of ether oxygens (including phenoxy) is 2. The van der Waals surface area contributed by atoms with E-state index in [1.165, 1.54) is 16.7 Å². The Bertz CT molecular complexity index is 933. The molecule has 1 saturated heterocycles. The molecule has 0 bridgehead atoms. The van der Waals surface area contributed by atoms with E-state index >= 15 is 0 Å². The Morgan fingerprint density at radius 1 is 0.800 bits per heavy atom. The monoisotopic (exact) mass is 402 g/mol. The second-order valence-electron chi connectivity index (χ2n) is 7.64. The van der Waals surface area contributed by atoms with Crippen LogP contribution in [-0.2, 0) is 0 Å². The normalized spacial score (nSPS) is 15.9. The van der Waals surface area contributed by atoms with Crippen LogP contribution in [0.5, 0.6) is 11.5 Å². The van der Waals surface area contributed by atoms with Crippen LogP contribution >= 0.6 is 0 Å². The van der Waals surface area contributed by atoms with Crippen LogP contribution in [0.1, 0.15) is 23.6 Å². The molecule has 0 saturated carbocycles. The standard InChI is InChI=1S/C26H30N2O2/c1-29-23-13-14-25(30-2)24(19-23)26(28-17-6-15-27-16-18-28)22-11-9-21(10-12-22)20-7-4-3-5-8-20/h3-5,7-14,19,26-27H,6,15-18H2,1-2H3. The molecule has 156 valence electrons. The predicted molar refractivity (Wildman–Crippen MR) is 122 cm³/mol. The van der Waals surface area contributed by atoms with Gasteiger partial charge in [-0.05, 0) is 47.9 Å². The van der Waals surface area contributed by atoms with Crippen LogP contribution in [0.3, 0.4) is 0 Å². The summed E-state index contributed by atoms with van der Waals surface area (Å²) in [6.07, 6.45) is 1.13. The summed E-state index contributed by atoms with van der Waals surface area (Å²) >= 11 is 0. The van der Waals surface area contributed by atoms with Crippen molar-refractivity contribution in [3.8, 4) is 22.6 Å². The fourth-order valence-corrected chi connectivity index (χ4v) is 4.25. The molecular formula is C26H30N2O2. The van der Waals surface area contributed by atoms with Gasteiger partial charge in [-0.3, -0.25) is 4.90 Å². The van der Waals surface area contributed by atoms with Gasteiger partial charge in [-0.1, -0.05) is 54.6 Å². The van der Waals surface area contributed by atoms with Gasteiger partial charge in [0.25, 0.3) is 0 Å². The van der Waals surface area contributed by atoms with Crippen LogP contribution in [0, 0.1) is 0 Å². The Morgan fingerprint density at radius 3 is 2.30 bits per heavy atom. The fourth-order valence-electron chi connectivity index (χ4n) is 4.25. The molecule has 4 rings (SSSR count). The van der Waals surface area contributed by atoms with Gasteiger partial charge in [0.1, 0.15) is 11.5 Å². The van der Waals surface area contributed by atoms with Gasteiger partial charge in [0.05, 0.1) is 20.3 Å². The van der Waals surface area contributed by atoms with Gasteiger partial charge in [-0.25, -0.2) is 0 Å². The molecule has 4 heteroatoms. The van der Waals surface area contributed by atoms with Crippen molar-refractivity contribution in [3.05, 3.63) is 83.9 Å². The molecule has 0 aliphatic carbocycles. The van der Waals surface area contributed by atoms with Crippen LogP contribution in [0.15, 0.2) is 72.8 Å². The molecule has 0 radical (unpaired) electrons. The van der Waals surface area contributed by atoms with Crippen LogP contribution in [0.2, 0.25) is 0 Å². The Balaban J connectivity index is 1.76. The minimum absolute atomic E-state index is 0.111. The van der Waals surface area contributed by atoms with Crippen molar-refractivity contribution in [1.29, 1.82) is 0 Å². The molecule has 1 aliphatic heterocycles. The van der Waals surface area contributed by atoms with Gasteiger partial charge in [0, 0.05) is 25.2 Å². The maximum Gasteiger partial charge on any atom is 0.124 e. The Morgan fingerprint density at radius 2 is 1.57 bits per heavy atom. The van der Waals surface area contributed by atoms with Crippen molar-refractivity contribution in [2.45, 2.75) is 12.5 Å². The van der Waals surface area contributed by atoms with E-state index < -0.39 is 0 Å². The van der Waals surface area contributed by atoms with Crippen LogP contribution in [-0.4, -0.2) is 45.3 Å². The number of nitrogens with zero attached hydrogens (tertiary/aromatic N) is 1. The highest BCUT2D eigenvalue weighted by molar-refractivity contribution is 5.64. The molecule has 1 N–H and O–H groups in total. The first-order valence-corrected chi connectivity index (χ1v) is 10.6. The second-order valence-corrected chi connectivity index (χ2v) is 7.64. The highest BCUT2D eigenvalue weighted by Gasteiger charge is 2.26. The summed E-state index contributed by atoms with van der Waals surface area (Å²) < 4.78 is 11.3. The van der Waals surface area contributed by atoms with Crippen LogP contribution in [0.25, 0.3) is 11.1 Å². The average Bonchev–Trinajstić information content (AvgIpc) is 3.10. The number of hydrogen-bond acceptors (Lipinski definition) is 4. The molecule has 3 aromatic rings. The molecule has 1 atom stereocenters. The van der Waals surface area contributed by atoms with Gasteiger partial charge in [0.15, 0.2) is 0 Å². The molecule has 1 fully saturated rings. The summed E-state index contributed by atoms with van der Waals surface area (Å²) in [6, 6.07) is 25.7. The van der Waals surface area contributed by atoms with Crippen molar-refractivity contribution in [3.63, 3.8) is 0 Å². The highest BCUT2D eigenvalue weighted by Crippen LogP contribution is 2.38. The summed E-state index contributed by atoms with van der Waals surface area (Å²) in [5, 5.41) is 3.52. The third kappa shape index (κ3) is 4.50. The van der Waals surface area contributed by atoms with E-state index in [0.717, 1.165) is 49.7 Å². The van der Waals surface area contributed by atoms with Gasteiger partial charge < -0.3 is 14.8 Å². The number of rotatable bonds is 6. The van der Waals surface area contributed by atoms with E-state index in [-0.39, 0.29) is 6.04 Å². The molecule has 0 aromatic heterocycles. The van der Waals surface area contributed by atoms with Gasteiger partial charge in [0.2, 0.25) is 0 Å². The Hall–Kier alpha value is -2.82. The number of benzene rings is 3. The first-order chi connectivity index (χ1) is 14.8. The lowest BCUT2D eigenvalue weighted by atomic mass is 9.93.